The SMILES string of the molecule is CCCSc1nc(N)c2c(n1)N(Cc1ccc(S(C)(=O)=O)cc1)C(=O)C2. The van der Waals surface area contributed by atoms with Crippen molar-refractivity contribution in [2.45, 2.75) is 36.4 Å². The molecule has 0 unspecified atom stereocenters. The molecular weight excluding hydrogens is 372 g/mol. The molecule has 1 amide bonds. The van der Waals surface area contributed by atoms with Gasteiger partial charge in [-0.3, -0.25) is 9.69 Å². The molecule has 0 spiro atoms. The van der Waals surface area contributed by atoms with Crippen LogP contribution in [0.25, 0.3) is 0 Å². The van der Waals surface area contributed by atoms with Gasteiger partial charge in [-0.25, -0.2) is 18.4 Å². The Hall–Kier alpha value is -2.13. The first-order valence-corrected chi connectivity index (χ1v) is 11.1. The summed E-state index contributed by atoms with van der Waals surface area (Å²) in [6.45, 7) is 2.38. The molecule has 3 rings (SSSR count). The normalized spacial score (nSPS) is 13.9. The first-order chi connectivity index (χ1) is 12.3. The van der Waals surface area contributed by atoms with Crippen LogP contribution in [0, 0.1) is 0 Å². The van der Waals surface area contributed by atoms with E-state index in [4.69, 9.17) is 5.73 Å². The minimum Gasteiger partial charge on any atom is -0.383 e. The maximum absolute atomic E-state index is 12.4. The van der Waals surface area contributed by atoms with E-state index in [9.17, 15) is 13.2 Å². The molecule has 2 heterocycles. The van der Waals surface area contributed by atoms with Gasteiger partial charge in [0.1, 0.15) is 11.6 Å². The van der Waals surface area contributed by atoms with Gasteiger partial charge in [0.25, 0.3) is 0 Å². The summed E-state index contributed by atoms with van der Waals surface area (Å²) in [5.41, 5.74) is 7.49. The number of amides is 1. The van der Waals surface area contributed by atoms with Crippen LogP contribution < -0.4 is 10.6 Å². The van der Waals surface area contributed by atoms with Gasteiger partial charge in [0, 0.05) is 17.6 Å². The van der Waals surface area contributed by atoms with Crippen LogP contribution in [-0.2, 0) is 27.6 Å². The molecule has 138 valence electrons. The molecule has 1 aromatic carbocycles. The number of fused-ring (bicyclic) bond motifs is 1. The fourth-order valence-corrected chi connectivity index (χ4v) is 4.00. The molecule has 1 aliphatic heterocycles. The van der Waals surface area contributed by atoms with E-state index in [1.165, 1.54) is 11.8 Å². The molecule has 2 N–H and O–H groups in total. The van der Waals surface area contributed by atoms with Crippen molar-refractivity contribution in [3.05, 3.63) is 35.4 Å². The predicted octanol–water partition coefficient (Wildman–Crippen LogP) is 2.05. The first kappa shape index (κ1) is 18.7. The smallest absolute Gasteiger partial charge is 0.233 e. The van der Waals surface area contributed by atoms with Crippen LogP contribution in [0.5, 0.6) is 0 Å². The lowest BCUT2D eigenvalue weighted by molar-refractivity contribution is -0.117. The third-order valence-electron chi connectivity index (χ3n) is 4.01. The lowest BCUT2D eigenvalue weighted by Gasteiger charge is -2.17. The summed E-state index contributed by atoms with van der Waals surface area (Å²) in [6.07, 6.45) is 2.33. The number of hydrogen-bond acceptors (Lipinski definition) is 7. The highest BCUT2D eigenvalue weighted by Crippen LogP contribution is 2.33. The molecule has 26 heavy (non-hydrogen) atoms. The molecule has 1 aromatic heterocycles. The van der Waals surface area contributed by atoms with E-state index >= 15 is 0 Å². The van der Waals surface area contributed by atoms with Crippen molar-refractivity contribution >= 4 is 39.1 Å². The van der Waals surface area contributed by atoms with Crippen molar-refractivity contribution in [1.82, 2.24) is 9.97 Å². The van der Waals surface area contributed by atoms with Crippen molar-refractivity contribution in [2.75, 3.05) is 22.6 Å². The molecule has 0 saturated heterocycles. The third kappa shape index (κ3) is 3.83. The molecule has 0 radical (unpaired) electrons. The standard InChI is InChI=1S/C17H20N4O3S2/c1-3-8-25-17-19-15(18)13-9-14(22)21(16(13)20-17)10-11-4-6-12(7-5-11)26(2,23)24/h4-7H,3,8-10H2,1-2H3,(H2,18,19,20). The number of nitrogens with zero attached hydrogens (tertiary/aromatic N) is 3. The van der Waals surface area contributed by atoms with Gasteiger partial charge in [-0.15, -0.1) is 0 Å². The largest absolute Gasteiger partial charge is 0.383 e. The number of anilines is 2. The second-order valence-electron chi connectivity index (χ2n) is 6.11. The van der Waals surface area contributed by atoms with Gasteiger partial charge in [-0.2, -0.15) is 0 Å². The van der Waals surface area contributed by atoms with Crippen molar-refractivity contribution in [1.29, 1.82) is 0 Å². The van der Waals surface area contributed by atoms with Gasteiger partial charge in [0.2, 0.25) is 5.91 Å². The number of rotatable bonds is 6. The van der Waals surface area contributed by atoms with Crippen molar-refractivity contribution in [2.24, 2.45) is 0 Å². The van der Waals surface area contributed by atoms with E-state index in [-0.39, 0.29) is 17.2 Å². The highest BCUT2D eigenvalue weighted by molar-refractivity contribution is 7.99. The highest BCUT2D eigenvalue weighted by Gasteiger charge is 2.32. The molecular formula is C17H20N4O3S2. The number of aromatic nitrogens is 2. The van der Waals surface area contributed by atoms with Gasteiger partial charge >= 0.3 is 0 Å². The zero-order chi connectivity index (χ0) is 18.9. The van der Waals surface area contributed by atoms with E-state index < -0.39 is 9.84 Å². The average molecular weight is 393 g/mol. The van der Waals surface area contributed by atoms with Crippen LogP contribution in [0.15, 0.2) is 34.3 Å². The quantitative estimate of drug-likeness (QED) is 0.592. The topological polar surface area (TPSA) is 106 Å². The lowest BCUT2D eigenvalue weighted by atomic mass is 10.2. The summed E-state index contributed by atoms with van der Waals surface area (Å²) in [7, 11) is -3.25. The van der Waals surface area contributed by atoms with Gasteiger partial charge in [0.15, 0.2) is 15.0 Å². The lowest BCUT2D eigenvalue weighted by Crippen LogP contribution is -2.26. The van der Waals surface area contributed by atoms with E-state index in [0.29, 0.717) is 28.9 Å². The summed E-state index contributed by atoms with van der Waals surface area (Å²) < 4.78 is 23.1. The maximum Gasteiger partial charge on any atom is 0.233 e. The van der Waals surface area contributed by atoms with Gasteiger partial charge in [-0.1, -0.05) is 30.8 Å². The van der Waals surface area contributed by atoms with E-state index in [1.54, 1.807) is 29.2 Å². The Bertz CT molecular complexity index is 943. The second-order valence-corrected chi connectivity index (χ2v) is 9.19. The summed E-state index contributed by atoms with van der Waals surface area (Å²) in [5, 5.41) is 0.565. The fraction of sp³-hybridized carbons (Fsp3) is 0.353. The molecule has 0 saturated carbocycles. The van der Waals surface area contributed by atoms with E-state index in [1.807, 2.05) is 0 Å². The van der Waals surface area contributed by atoms with Crippen molar-refractivity contribution in [3.63, 3.8) is 0 Å². The highest BCUT2D eigenvalue weighted by atomic mass is 32.2. The Balaban J connectivity index is 1.88. The molecule has 0 aliphatic carbocycles. The Morgan fingerprint density at radius 3 is 2.54 bits per heavy atom. The molecule has 9 heteroatoms. The van der Waals surface area contributed by atoms with Crippen molar-refractivity contribution < 1.29 is 13.2 Å². The number of sulfone groups is 1. The Labute approximate surface area is 156 Å². The van der Waals surface area contributed by atoms with Crippen LogP contribution >= 0.6 is 11.8 Å². The van der Waals surface area contributed by atoms with E-state index in [2.05, 4.69) is 16.9 Å². The van der Waals surface area contributed by atoms with Crippen LogP contribution in [0.1, 0.15) is 24.5 Å². The predicted molar refractivity (Wildman–Crippen MR) is 102 cm³/mol. The number of nitrogen functional groups attached to an aromatic ring is 1. The molecule has 7 nitrogen and oxygen atoms in total. The Kier molecular flexibility index (Phi) is 5.19. The summed E-state index contributed by atoms with van der Waals surface area (Å²) in [4.78, 5) is 23.1. The van der Waals surface area contributed by atoms with Gasteiger partial charge < -0.3 is 5.73 Å². The Morgan fingerprint density at radius 2 is 1.92 bits per heavy atom. The molecule has 2 aromatic rings. The minimum absolute atomic E-state index is 0.0918. The number of nitrogens with two attached hydrogens (primary N) is 1. The first-order valence-electron chi connectivity index (χ1n) is 8.18. The minimum atomic E-state index is -3.25. The average Bonchev–Trinajstić information content (AvgIpc) is 2.89. The van der Waals surface area contributed by atoms with Gasteiger partial charge in [0.05, 0.1) is 17.9 Å². The summed E-state index contributed by atoms with van der Waals surface area (Å²) >= 11 is 1.51. The third-order valence-corrected chi connectivity index (χ3v) is 6.19. The zero-order valence-electron chi connectivity index (χ0n) is 14.6. The summed E-state index contributed by atoms with van der Waals surface area (Å²) in [5.74, 6) is 1.68. The molecule has 0 fully saturated rings. The maximum atomic E-state index is 12.4. The number of carbonyl (C=O) groups is 1. The van der Waals surface area contributed by atoms with Crippen LogP contribution in [0.2, 0.25) is 0 Å². The molecule has 0 atom stereocenters. The number of hydrogen-bond donors (Lipinski definition) is 1. The van der Waals surface area contributed by atoms with E-state index in [0.717, 1.165) is 24.0 Å². The zero-order valence-corrected chi connectivity index (χ0v) is 16.2. The monoisotopic (exact) mass is 392 g/mol. The number of benzene rings is 1. The van der Waals surface area contributed by atoms with Crippen LogP contribution in [0.3, 0.4) is 0 Å². The van der Waals surface area contributed by atoms with Crippen molar-refractivity contribution in [3.8, 4) is 0 Å². The van der Waals surface area contributed by atoms with Gasteiger partial charge in [-0.05, 0) is 24.1 Å². The number of carbonyl (C=O) groups excluding carboxylic acids is 1. The second kappa shape index (κ2) is 7.24. The summed E-state index contributed by atoms with van der Waals surface area (Å²) in [6, 6.07) is 6.50. The molecule has 0 bridgehead atoms. The fourth-order valence-electron chi connectivity index (χ4n) is 2.67. The Morgan fingerprint density at radius 1 is 1.23 bits per heavy atom. The number of thioether (sulfide) groups is 1. The van der Waals surface area contributed by atoms with Crippen LogP contribution in [-0.4, -0.2) is 36.3 Å². The van der Waals surface area contributed by atoms with Crippen LogP contribution in [0.4, 0.5) is 11.6 Å². The molecule has 1 aliphatic rings.